The maximum Gasteiger partial charge on any atom is 0.403 e. The standard InChI is InChI=1S/C10H11F3N.Au.2ClH/c1-14(2)7-8-3-5-9(6-4-8)10(11,12)13;;;/h3,5-6H,7H2,1-2H3;;2*1H/p-2. The van der Waals surface area contributed by atoms with Crippen molar-refractivity contribution in [3.05, 3.63) is 35.5 Å². The van der Waals surface area contributed by atoms with Crippen molar-refractivity contribution in [1.82, 2.24) is 4.90 Å². The molecule has 0 spiro atoms. The van der Waals surface area contributed by atoms with Gasteiger partial charge in [-0.2, -0.15) is 13.2 Å². The normalized spacial score (nSPS) is 14.6. The number of nitrogens with zero attached hydrogens (tertiary/aromatic N) is 1. The van der Waals surface area contributed by atoms with Gasteiger partial charge in [-0.1, -0.05) is 12.2 Å². The molecule has 1 aliphatic carbocycles. The Labute approximate surface area is 127 Å². The van der Waals surface area contributed by atoms with Gasteiger partial charge in [0.2, 0.25) is 0 Å². The van der Waals surface area contributed by atoms with Crippen molar-refractivity contribution >= 4 is 0 Å². The summed E-state index contributed by atoms with van der Waals surface area (Å²) in [7, 11) is 3.71. The zero-order valence-electron chi connectivity index (χ0n) is 9.08. The van der Waals surface area contributed by atoms with E-state index in [0.29, 0.717) is 6.54 Å². The van der Waals surface area contributed by atoms with Crippen molar-refractivity contribution < 1.29 is 60.4 Å². The molecule has 0 saturated carbocycles. The Kier molecular flexibility index (Phi) is 12.3. The van der Waals surface area contributed by atoms with Gasteiger partial charge in [-0.3, -0.25) is 0 Å². The molecule has 0 aliphatic heterocycles. The molecule has 1 rings (SSSR count). The van der Waals surface area contributed by atoms with E-state index in [4.69, 9.17) is 0 Å². The molecule has 0 aromatic rings. The van der Waals surface area contributed by atoms with E-state index < -0.39 is 12.1 Å². The van der Waals surface area contributed by atoms with Crippen LogP contribution in [0.5, 0.6) is 0 Å². The first-order chi connectivity index (χ1) is 6.39. The van der Waals surface area contributed by atoms with Crippen LogP contribution in [0.2, 0.25) is 0 Å². The van der Waals surface area contributed by atoms with Gasteiger partial charge in [0.15, 0.2) is 0 Å². The second-order valence-electron chi connectivity index (χ2n) is 3.34. The second kappa shape index (κ2) is 9.29. The van der Waals surface area contributed by atoms with Crippen molar-refractivity contribution in [3.8, 4) is 0 Å². The number of alkyl halides is 3. The summed E-state index contributed by atoms with van der Waals surface area (Å²) in [6, 6.07) is 0. The average Bonchev–Trinajstić information content (AvgIpc) is 2.02. The van der Waals surface area contributed by atoms with Gasteiger partial charge in [0.25, 0.3) is 0 Å². The summed E-state index contributed by atoms with van der Waals surface area (Å²) in [5.74, 6) is -0.653. The van der Waals surface area contributed by atoms with E-state index >= 15 is 0 Å². The third kappa shape index (κ3) is 8.11. The van der Waals surface area contributed by atoms with Gasteiger partial charge in [-0.15, -0.1) is 5.73 Å². The zero-order chi connectivity index (χ0) is 10.8. The summed E-state index contributed by atoms with van der Waals surface area (Å²) in [6.07, 6.45) is -0.760. The third-order valence-electron chi connectivity index (χ3n) is 1.69. The number of allylic oxidation sites excluding steroid dienone is 1. The fourth-order valence-corrected chi connectivity index (χ4v) is 1.07. The average molecular weight is 470 g/mol. The van der Waals surface area contributed by atoms with Crippen LogP contribution in [0.25, 0.3) is 0 Å². The van der Waals surface area contributed by atoms with Gasteiger partial charge in [0.05, 0.1) is 0 Å². The molecule has 0 aromatic carbocycles. The molecule has 0 amide bonds. The molecule has 0 unspecified atom stereocenters. The second-order valence-corrected chi connectivity index (χ2v) is 3.34. The van der Waals surface area contributed by atoms with Crippen LogP contribution in [0.15, 0.2) is 29.5 Å². The molecular formula is C10H11AuCl2F3N-2. The van der Waals surface area contributed by atoms with E-state index in [1.165, 1.54) is 6.08 Å². The van der Waals surface area contributed by atoms with E-state index in [1.54, 1.807) is 0 Å². The van der Waals surface area contributed by atoms with Crippen LogP contribution in [0.1, 0.15) is 0 Å². The molecule has 0 atom stereocenters. The summed E-state index contributed by atoms with van der Waals surface area (Å²) < 4.78 is 36.5. The number of rotatable bonds is 2. The van der Waals surface area contributed by atoms with Gasteiger partial charge < -0.3 is 29.7 Å². The molecule has 1 aliphatic rings. The maximum atomic E-state index is 12.2. The number of likely N-dealkylation sites (N-methyl/N-ethyl adjacent to an activating group) is 1. The fraction of sp³-hybridized carbons (Fsp3) is 0.400. The molecule has 1 nitrogen and oxygen atoms in total. The largest absolute Gasteiger partial charge is 1.00 e. The van der Waals surface area contributed by atoms with Gasteiger partial charge in [-0.05, 0) is 20.2 Å². The smallest absolute Gasteiger partial charge is 0.403 e. The molecule has 0 bridgehead atoms. The van der Waals surface area contributed by atoms with Gasteiger partial charge in [0, 0.05) is 34.5 Å². The van der Waals surface area contributed by atoms with Gasteiger partial charge in [0.1, 0.15) is 5.92 Å². The SMILES string of the molecule is CN(C)CC1=C=C[C](C(F)(F)F)C=C1.[Au].[Cl-].[Cl-]. The summed E-state index contributed by atoms with van der Waals surface area (Å²) in [4.78, 5) is 1.87. The summed E-state index contributed by atoms with van der Waals surface area (Å²) in [5.41, 5.74) is 3.37. The maximum absolute atomic E-state index is 12.2. The molecule has 0 N–H and O–H groups in total. The molecular weight excluding hydrogens is 459 g/mol. The topological polar surface area (TPSA) is 3.24 Å². The Balaban J connectivity index is -0.000000653. The third-order valence-corrected chi connectivity index (χ3v) is 1.69. The first-order valence-electron chi connectivity index (χ1n) is 4.12. The van der Waals surface area contributed by atoms with Crippen molar-refractivity contribution in [2.45, 2.75) is 6.18 Å². The first-order valence-corrected chi connectivity index (χ1v) is 4.12. The predicted molar refractivity (Wildman–Crippen MR) is 48.6 cm³/mol. The minimum atomic E-state index is -4.27. The van der Waals surface area contributed by atoms with E-state index in [9.17, 15) is 13.2 Å². The summed E-state index contributed by atoms with van der Waals surface area (Å²) in [5, 5.41) is 0. The van der Waals surface area contributed by atoms with Crippen LogP contribution in [-0.2, 0) is 22.4 Å². The van der Waals surface area contributed by atoms with Crippen LogP contribution >= 0.6 is 0 Å². The predicted octanol–water partition coefficient (Wildman–Crippen LogP) is -3.66. The van der Waals surface area contributed by atoms with Gasteiger partial charge >= 0.3 is 6.18 Å². The summed E-state index contributed by atoms with van der Waals surface area (Å²) in [6.45, 7) is 0.595. The Hall–Kier alpha value is 0.330. The van der Waals surface area contributed by atoms with Crippen molar-refractivity contribution in [3.63, 3.8) is 0 Å². The molecule has 0 fully saturated rings. The number of halogens is 5. The molecule has 17 heavy (non-hydrogen) atoms. The molecule has 0 saturated heterocycles. The Morgan fingerprint density at radius 2 is 1.71 bits per heavy atom. The number of hydrogen-bond donors (Lipinski definition) is 0. The van der Waals surface area contributed by atoms with Crippen LogP contribution in [-0.4, -0.2) is 31.7 Å². The van der Waals surface area contributed by atoms with Crippen LogP contribution in [0.3, 0.4) is 0 Å². The quantitative estimate of drug-likeness (QED) is 0.298. The van der Waals surface area contributed by atoms with E-state index in [-0.39, 0.29) is 47.2 Å². The van der Waals surface area contributed by atoms with Crippen molar-refractivity contribution in [2.24, 2.45) is 0 Å². The molecule has 0 heterocycles. The Morgan fingerprint density at radius 3 is 2.00 bits per heavy atom. The van der Waals surface area contributed by atoms with Crippen molar-refractivity contribution in [2.75, 3.05) is 20.6 Å². The zero-order valence-corrected chi connectivity index (χ0v) is 12.8. The molecule has 104 valence electrons. The van der Waals surface area contributed by atoms with E-state index in [0.717, 1.165) is 17.7 Å². The Morgan fingerprint density at radius 1 is 1.18 bits per heavy atom. The molecule has 2 radical (unpaired) electrons. The molecule has 7 heteroatoms. The van der Waals surface area contributed by atoms with Crippen LogP contribution in [0.4, 0.5) is 13.2 Å². The van der Waals surface area contributed by atoms with Crippen molar-refractivity contribution in [1.29, 1.82) is 0 Å². The van der Waals surface area contributed by atoms with Crippen LogP contribution in [0, 0.1) is 5.92 Å². The fourth-order valence-electron chi connectivity index (χ4n) is 1.07. The monoisotopic (exact) mass is 469 g/mol. The van der Waals surface area contributed by atoms with Crippen LogP contribution < -0.4 is 24.8 Å². The minimum absolute atomic E-state index is 0. The summed E-state index contributed by atoms with van der Waals surface area (Å²) >= 11 is 0. The van der Waals surface area contributed by atoms with Gasteiger partial charge in [-0.25, -0.2) is 0 Å². The van der Waals surface area contributed by atoms with E-state index in [2.05, 4.69) is 5.73 Å². The van der Waals surface area contributed by atoms with E-state index in [1.807, 2.05) is 19.0 Å². The Bertz CT molecular complexity index is 307. The number of hydrogen-bond acceptors (Lipinski definition) is 1. The minimum Gasteiger partial charge on any atom is -1.00 e. The first kappa shape index (κ1) is 22.5. The molecule has 0 aromatic heterocycles.